The highest BCUT2D eigenvalue weighted by molar-refractivity contribution is 5.59. The van der Waals surface area contributed by atoms with Crippen molar-refractivity contribution in [2.75, 3.05) is 38.2 Å². The maximum absolute atomic E-state index is 14.1. The Labute approximate surface area is 157 Å². The van der Waals surface area contributed by atoms with E-state index in [4.69, 9.17) is 4.74 Å². The lowest BCUT2D eigenvalue weighted by Gasteiger charge is -2.36. The van der Waals surface area contributed by atoms with Crippen LogP contribution in [0.4, 0.5) is 14.5 Å². The summed E-state index contributed by atoms with van der Waals surface area (Å²) in [4.78, 5) is 8.26. The van der Waals surface area contributed by atoms with Crippen molar-refractivity contribution in [1.29, 1.82) is 5.26 Å². The molecule has 0 spiro atoms. The van der Waals surface area contributed by atoms with Crippen molar-refractivity contribution in [2.24, 2.45) is 0 Å². The Kier molecular flexibility index (Phi) is 5.67. The van der Waals surface area contributed by atoms with Gasteiger partial charge in [-0.2, -0.15) is 5.26 Å². The summed E-state index contributed by atoms with van der Waals surface area (Å²) in [5.74, 6) is -1.41. The summed E-state index contributed by atoms with van der Waals surface area (Å²) in [5, 5.41) is 9.25. The average molecular weight is 370 g/mol. The number of methoxy groups -OCH3 is 1. The maximum Gasteiger partial charge on any atom is 0.155 e. The molecule has 1 aliphatic heterocycles. The van der Waals surface area contributed by atoms with Crippen molar-refractivity contribution < 1.29 is 13.5 Å². The highest BCUT2D eigenvalue weighted by Crippen LogP contribution is 2.23. The Balaban J connectivity index is 1.69. The number of hydrogen-bond acceptors (Lipinski definition) is 5. The number of anilines is 1. The Hall–Kier alpha value is -2.98. The molecule has 140 valence electrons. The van der Waals surface area contributed by atoms with Gasteiger partial charge in [-0.25, -0.2) is 13.8 Å². The van der Waals surface area contributed by atoms with E-state index in [-0.39, 0.29) is 23.7 Å². The van der Waals surface area contributed by atoms with Crippen LogP contribution in [0.15, 0.2) is 36.9 Å². The monoisotopic (exact) mass is 370 g/mol. The third-order valence-corrected chi connectivity index (χ3v) is 4.62. The van der Waals surface area contributed by atoms with E-state index in [0.29, 0.717) is 31.7 Å². The van der Waals surface area contributed by atoms with E-state index < -0.39 is 11.6 Å². The zero-order chi connectivity index (χ0) is 19.4. The number of aromatic nitrogens is 1. The van der Waals surface area contributed by atoms with Gasteiger partial charge in [0.15, 0.2) is 5.82 Å². The van der Waals surface area contributed by atoms with E-state index in [0.717, 1.165) is 11.8 Å². The lowest BCUT2D eigenvalue weighted by atomic mass is 10.1. The van der Waals surface area contributed by atoms with Gasteiger partial charge in [-0.1, -0.05) is 18.7 Å². The van der Waals surface area contributed by atoms with Gasteiger partial charge in [-0.15, -0.1) is 0 Å². The number of nitrogens with zero attached hydrogens (tertiary/aromatic N) is 4. The molecule has 27 heavy (non-hydrogen) atoms. The molecular formula is C20H20F2N4O. The van der Waals surface area contributed by atoms with Crippen molar-refractivity contribution in [3.05, 3.63) is 65.5 Å². The summed E-state index contributed by atoms with van der Waals surface area (Å²) in [6, 6.07) is 10.5. The number of rotatable bonds is 5. The van der Waals surface area contributed by atoms with E-state index in [1.54, 1.807) is 6.07 Å². The van der Waals surface area contributed by atoms with E-state index in [1.165, 1.54) is 7.11 Å². The van der Waals surface area contributed by atoms with Gasteiger partial charge in [0.2, 0.25) is 0 Å². The Morgan fingerprint density at radius 3 is 2.59 bits per heavy atom. The zero-order valence-corrected chi connectivity index (χ0v) is 15.1. The van der Waals surface area contributed by atoms with Crippen LogP contribution in [-0.2, 0) is 11.3 Å². The van der Waals surface area contributed by atoms with Crippen molar-refractivity contribution in [1.82, 2.24) is 9.88 Å². The van der Waals surface area contributed by atoms with E-state index in [9.17, 15) is 14.0 Å². The van der Waals surface area contributed by atoms with Crippen LogP contribution in [0.3, 0.4) is 0 Å². The van der Waals surface area contributed by atoms with Crippen LogP contribution in [0.2, 0.25) is 0 Å². The first-order valence-electron chi connectivity index (χ1n) is 8.58. The second-order valence-corrected chi connectivity index (χ2v) is 6.27. The predicted octanol–water partition coefficient (Wildman–Crippen LogP) is 3.17. The third kappa shape index (κ3) is 4.07. The molecule has 0 aliphatic carbocycles. The molecule has 1 aromatic heterocycles. The summed E-state index contributed by atoms with van der Waals surface area (Å²) >= 11 is 0. The fourth-order valence-corrected chi connectivity index (χ4v) is 3.11. The summed E-state index contributed by atoms with van der Waals surface area (Å²) in [6.07, 6.45) is 0. The van der Waals surface area contributed by atoms with Gasteiger partial charge in [0.1, 0.15) is 23.3 Å². The summed E-state index contributed by atoms with van der Waals surface area (Å²) in [7, 11) is 1.37. The van der Waals surface area contributed by atoms with Crippen molar-refractivity contribution in [3.63, 3.8) is 0 Å². The van der Waals surface area contributed by atoms with Gasteiger partial charge in [0, 0.05) is 38.8 Å². The first kappa shape index (κ1) is 18.8. The molecule has 2 aromatic rings. The van der Waals surface area contributed by atoms with Gasteiger partial charge in [-0.3, -0.25) is 4.90 Å². The number of pyridine rings is 1. The highest BCUT2D eigenvalue weighted by atomic mass is 19.1. The van der Waals surface area contributed by atoms with Gasteiger partial charge < -0.3 is 9.64 Å². The standard InChI is InChI=1S/C20H20F2N4O/c1-14(27-2)20-17(22)11-16(21)18(24-20)13-25-7-9-26(10-8-25)19-6-4-3-5-15(19)12-23/h3-6,11H,1,7-10,13H2,2H3. The Morgan fingerprint density at radius 2 is 1.93 bits per heavy atom. The molecular weight excluding hydrogens is 350 g/mol. The van der Waals surface area contributed by atoms with Crippen molar-refractivity contribution >= 4 is 11.4 Å². The highest BCUT2D eigenvalue weighted by Gasteiger charge is 2.22. The number of benzene rings is 1. The molecule has 3 rings (SSSR count). The molecule has 1 aromatic carbocycles. The van der Waals surface area contributed by atoms with Crippen LogP contribution < -0.4 is 4.90 Å². The fraction of sp³-hybridized carbons (Fsp3) is 0.300. The largest absolute Gasteiger partial charge is 0.495 e. The Morgan fingerprint density at radius 1 is 1.22 bits per heavy atom. The normalized spacial score (nSPS) is 14.7. The van der Waals surface area contributed by atoms with Gasteiger partial charge in [0.05, 0.1) is 24.1 Å². The summed E-state index contributed by atoms with van der Waals surface area (Å²) < 4.78 is 32.9. The number of para-hydroxylation sites is 1. The smallest absolute Gasteiger partial charge is 0.155 e. The molecule has 0 amide bonds. The van der Waals surface area contributed by atoms with Crippen LogP contribution in [-0.4, -0.2) is 43.2 Å². The number of nitriles is 1. The van der Waals surface area contributed by atoms with Crippen molar-refractivity contribution in [2.45, 2.75) is 6.54 Å². The molecule has 7 heteroatoms. The second-order valence-electron chi connectivity index (χ2n) is 6.27. The number of piperazine rings is 1. The topological polar surface area (TPSA) is 52.4 Å². The zero-order valence-electron chi connectivity index (χ0n) is 15.1. The molecule has 0 radical (unpaired) electrons. The molecule has 0 bridgehead atoms. The molecule has 1 fully saturated rings. The molecule has 0 saturated carbocycles. The predicted molar refractivity (Wildman–Crippen MR) is 98.8 cm³/mol. The van der Waals surface area contributed by atoms with E-state index in [2.05, 4.69) is 22.5 Å². The quantitative estimate of drug-likeness (QED) is 0.757. The Bertz CT molecular complexity index is 886. The van der Waals surface area contributed by atoms with Crippen molar-refractivity contribution in [3.8, 4) is 6.07 Å². The number of ether oxygens (including phenoxy) is 1. The first-order valence-corrected chi connectivity index (χ1v) is 8.58. The fourth-order valence-electron chi connectivity index (χ4n) is 3.11. The molecule has 1 saturated heterocycles. The molecule has 0 atom stereocenters. The van der Waals surface area contributed by atoms with Crippen LogP contribution in [0.25, 0.3) is 5.76 Å². The van der Waals surface area contributed by atoms with E-state index in [1.807, 2.05) is 23.1 Å². The average Bonchev–Trinajstić information content (AvgIpc) is 2.70. The minimum absolute atomic E-state index is 0.0617. The lowest BCUT2D eigenvalue weighted by Crippen LogP contribution is -2.46. The molecule has 1 aliphatic rings. The minimum atomic E-state index is -0.791. The van der Waals surface area contributed by atoms with Crippen LogP contribution in [0.5, 0.6) is 0 Å². The van der Waals surface area contributed by atoms with Gasteiger partial charge in [0.25, 0.3) is 0 Å². The summed E-state index contributed by atoms with van der Waals surface area (Å²) in [6.45, 7) is 6.63. The number of halogens is 2. The molecule has 0 unspecified atom stereocenters. The van der Waals surface area contributed by atoms with E-state index >= 15 is 0 Å². The van der Waals surface area contributed by atoms with Crippen LogP contribution >= 0.6 is 0 Å². The SMILES string of the molecule is C=C(OC)c1nc(CN2CCN(c3ccccc3C#N)CC2)c(F)cc1F. The van der Waals surface area contributed by atoms with Crippen LogP contribution in [0, 0.1) is 23.0 Å². The number of hydrogen-bond donors (Lipinski definition) is 0. The lowest BCUT2D eigenvalue weighted by molar-refractivity contribution is 0.243. The van der Waals surface area contributed by atoms with Gasteiger partial charge >= 0.3 is 0 Å². The molecule has 2 heterocycles. The minimum Gasteiger partial charge on any atom is -0.495 e. The molecule has 5 nitrogen and oxygen atoms in total. The second kappa shape index (κ2) is 8.14. The summed E-state index contributed by atoms with van der Waals surface area (Å²) in [5.41, 5.74) is 1.63. The first-order chi connectivity index (χ1) is 13.0. The van der Waals surface area contributed by atoms with Gasteiger partial charge in [-0.05, 0) is 12.1 Å². The van der Waals surface area contributed by atoms with Crippen LogP contribution in [0.1, 0.15) is 17.0 Å². The maximum atomic E-state index is 14.1. The third-order valence-electron chi connectivity index (χ3n) is 4.62. The molecule has 0 N–H and O–H groups in total.